The van der Waals surface area contributed by atoms with Crippen molar-refractivity contribution in [2.24, 2.45) is 0 Å². The minimum absolute atomic E-state index is 0.294. The van der Waals surface area contributed by atoms with E-state index in [1.165, 1.54) is 89.9 Å². The first kappa shape index (κ1) is 55.2. The average molecular weight is 967 g/mol. The zero-order valence-electron chi connectivity index (χ0n) is 42.1. The summed E-state index contributed by atoms with van der Waals surface area (Å²) < 4.78 is 33.8. The molecule has 0 bridgehead atoms. The van der Waals surface area contributed by atoms with Crippen LogP contribution in [0.1, 0.15) is 173 Å². The Hall–Kier alpha value is -6.68. The molecule has 378 valence electrons. The highest BCUT2D eigenvalue weighted by Gasteiger charge is 2.14. The van der Waals surface area contributed by atoms with Gasteiger partial charge in [0.15, 0.2) is 0 Å². The van der Waals surface area contributed by atoms with Crippen molar-refractivity contribution in [2.75, 3.05) is 19.8 Å². The molecule has 71 heavy (non-hydrogen) atoms. The van der Waals surface area contributed by atoms with Crippen LogP contribution < -0.4 is 23.7 Å². The van der Waals surface area contributed by atoms with Crippen LogP contribution in [0, 0.1) is 0 Å². The van der Waals surface area contributed by atoms with E-state index >= 15 is 0 Å². The largest absolute Gasteiger partial charge is 0.494 e. The maximum absolute atomic E-state index is 13.1. The molecule has 0 aromatic heterocycles. The second kappa shape index (κ2) is 32.3. The molecular weight excluding hydrogens is 893 g/mol. The van der Waals surface area contributed by atoms with E-state index in [0.29, 0.717) is 65.1 Å². The molecular formula is C61H74O10. The zero-order valence-corrected chi connectivity index (χ0v) is 42.1. The Balaban J connectivity index is 0.943. The SMILES string of the molecule is C=C(C)C(=O)OCCCCCCCCCCCCOc1ccc(C(=O)Oc2ccc(-c3cccc(OC(=O)c4ccc(OC(=O)c5ccc(OCCCCCCCCCCCC)cc5)cc4)c3)cc2)cc1. The van der Waals surface area contributed by atoms with Crippen LogP contribution in [-0.2, 0) is 9.53 Å². The number of esters is 4. The molecule has 0 N–H and O–H groups in total. The van der Waals surface area contributed by atoms with Gasteiger partial charge in [0.2, 0.25) is 0 Å². The lowest BCUT2D eigenvalue weighted by Crippen LogP contribution is -2.10. The van der Waals surface area contributed by atoms with Gasteiger partial charge in [-0.2, -0.15) is 0 Å². The van der Waals surface area contributed by atoms with Gasteiger partial charge in [-0.15, -0.1) is 0 Å². The minimum Gasteiger partial charge on any atom is -0.494 e. The number of unbranched alkanes of at least 4 members (excludes halogenated alkanes) is 18. The fraction of sp³-hybridized carbons (Fsp3) is 0.410. The molecule has 0 unspecified atom stereocenters. The molecule has 0 heterocycles. The van der Waals surface area contributed by atoms with E-state index in [9.17, 15) is 19.2 Å². The number of hydrogen-bond acceptors (Lipinski definition) is 10. The monoisotopic (exact) mass is 967 g/mol. The Kier molecular flexibility index (Phi) is 25.1. The van der Waals surface area contributed by atoms with Gasteiger partial charge in [-0.25, -0.2) is 19.2 Å². The van der Waals surface area contributed by atoms with Gasteiger partial charge in [0, 0.05) is 5.57 Å². The first-order valence-electron chi connectivity index (χ1n) is 25.9. The number of hydrogen-bond donors (Lipinski definition) is 0. The van der Waals surface area contributed by atoms with E-state index in [2.05, 4.69) is 13.5 Å². The second-order valence-electron chi connectivity index (χ2n) is 18.1. The summed E-state index contributed by atoms with van der Waals surface area (Å²) in [4.78, 5) is 50.2. The fourth-order valence-corrected chi connectivity index (χ4v) is 7.86. The van der Waals surface area contributed by atoms with E-state index < -0.39 is 17.9 Å². The van der Waals surface area contributed by atoms with Crippen LogP contribution in [0.5, 0.6) is 28.7 Å². The lowest BCUT2D eigenvalue weighted by atomic mass is 10.1. The number of benzene rings is 5. The predicted octanol–water partition coefficient (Wildman–Crippen LogP) is 15.7. The summed E-state index contributed by atoms with van der Waals surface area (Å²) >= 11 is 0. The van der Waals surface area contributed by atoms with Crippen LogP contribution in [0.25, 0.3) is 11.1 Å². The van der Waals surface area contributed by atoms with Crippen molar-refractivity contribution in [1.82, 2.24) is 0 Å². The van der Waals surface area contributed by atoms with Gasteiger partial charge < -0.3 is 28.4 Å². The quantitative estimate of drug-likeness (QED) is 0.0170. The summed E-state index contributed by atoms with van der Waals surface area (Å²) in [5.41, 5.74) is 3.19. The number of rotatable bonds is 34. The van der Waals surface area contributed by atoms with E-state index in [4.69, 9.17) is 28.4 Å². The van der Waals surface area contributed by atoms with Crippen molar-refractivity contribution in [3.8, 4) is 39.9 Å². The third kappa shape index (κ3) is 21.5. The van der Waals surface area contributed by atoms with Gasteiger partial charge in [-0.1, -0.05) is 147 Å². The van der Waals surface area contributed by atoms with E-state index in [1.54, 1.807) is 110 Å². The molecule has 10 nitrogen and oxygen atoms in total. The summed E-state index contributed by atoms with van der Waals surface area (Å²) in [6, 6.07) is 34.4. The van der Waals surface area contributed by atoms with Gasteiger partial charge in [0.05, 0.1) is 36.5 Å². The first-order valence-corrected chi connectivity index (χ1v) is 25.9. The van der Waals surface area contributed by atoms with Crippen molar-refractivity contribution in [3.05, 3.63) is 150 Å². The van der Waals surface area contributed by atoms with Crippen LogP contribution in [0.4, 0.5) is 0 Å². The highest BCUT2D eigenvalue weighted by Crippen LogP contribution is 2.28. The standard InChI is InChI=1S/C61H74O10/c1-4-5-6-7-8-9-12-15-18-21-43-66-54-37-31-50(32-38-54)60(64)70-56-41-33-51(34-42-56)61(65)71-57-26-24-25-52(46-57)48-27-39-55(40-28-48)69-59(63)49-29-35-53(36-30-49)67-44-22-19-16-13-10-11-14-17-20-23-45-68-58(62)47(2)3/h24-42,46H,2,4-23,43-45H2,1,3H3. The van der Waals surface area contributed by atoms with Crippen molar-refractivity contribution in [1.29, 1.82) is 0 Å². The normalized spacial score (nSPS) is 10.8. The Morgan fingerprint density at radius 2 is 0.732 bits per heavy atom. The van der Waals surface area contributed by atoms with Crippen LogP contribution in [0.3, 0.4) is 0 Å². The van der Waals surface area contributed by atoms with Crippen molar-refractivity contribution < 1.29 is 47.6 Å². The molecule has 5 aromatic carbocycles. The number of carbonyl (C=O) groups is 4. The summed E-state index contributed by atoms with van der Waals surface area (Å²) in [6.07, 6.45) is 24.0. The molecule has 0 atom stereocenters. The highest BCUT2D eigenvalue weighted by atomic mass is 16.5. The molecule has 5 aromatic rings. The summed E-state index contributed by atoms with van der Waals surface area (Å²) in [6.45, 7) is 9.25. The Bertz CT molecular complexity index is 2350. The first-order chi connectivity index (χ1) is 34.7. The summed E-state index contributed by atoms with van der Waals surface area (Å²) in [5.74, 6) is 0.630. The smallest absolute Gasteiger partial charge is 0.343 e. The third-order valence-electron chi connectivity index (χ3n) is 12.1. The van der Waals surface area contributed by atoms with Crippen LogP contribution in [-0.4, -0.2) is 43.7 Å². The molecule has 0 fully saturated rings. The molecule has 0 spiro atoms. The maximum atomic E-state index is 13.1. The zero-order chi connectivity index (χ0) is 50.3. The number of ether oxygens (including phenoxy) is 6. The Labute approximate surface area is 422 Å². The topological polar surface area (TPSA) is 124 Å². The predicted molar refractivity (Wildman–Crippen MR) is 281 cm³/mol. The van der Waals surface area contributed by atoms with Crippen LogP contribution in [0.2, 0.25) is 0 Å². The molecule has 0 aliphatic rings. The molecule has 0 radical (unpaired) electrons. The van der Waals surface area contributed by atoms with Crippen LogP contribution >= 0.6 is 0 Å². The summed E-state index contributed by atoms with van der Waals surface area (Å²) in [5, 5.41) is 0. The Morgan fingerprint density at radius 1 is 0.380 bits per heavy atom. The summed E-state index contributed by atoms with van der Waals surface area (Å²) in [7, 11) is 0. The van der Waals surface area contributed by atoms with Gasteiger partial charge in [-0.05, 0) is 134 Å². The van der Waals surface area contributed by atoms with Gasteiger partial charge in [-0.3, -0.25) is 0 Å². The van der Waals surface area contributed by atoms with Gasteiger partial charge in [0.1, 0.15) is 28.7 Å². The average Bonchev–Trinajstić information content (AvgIpc) is 3.38. The lowest BCUT2D eigenvalue weighted by molar-refractivity contribution is -0.139. The second-order valence-corrected chi connectivity index (χ2v) is 18.1. The number of carbonyl (C=O) groups excluding carboxylic acids is 4. The molecule has 10 heteroatoms. The van der Waals surface area contributed by atoms with Crippen molar-refractivity contribution >= 4 is 23.9 Å². The molecule has 0 aliphatic heterocycles. The fourth-order valence-electron chi connectivity index (χ4n) is 7.86. The Morgan fingerprint density at radius 3 is 1.14 bits per heavy atom. The van der Waals surface area contributed by atoms with Gasteiger partial charge in [0.25, 0.3) is 0 Å². The van der Waals surface area contributed by atoms with E-state index in [-0.39, 0.29) is 5.97 Å². The molecule has 5 rings (SSSR count). The van der Waals surface area contributed by atoms with Crippen molar-refractivity contribution in [3.63, 3.8) is 0 Å². The highest BCUT2D eigenvalue weighted by molar-refractivity contribution is 5.93. The molecule has 0 aliphatic carbocycles. The van der Waals surface area contributed by atoms with Gasteiger partial charge >= 0.3 is 23.9 Å². The molecule has 0 amide bonds. The maximum Gasteiger partial charge on any atom is 0.343 e. The molecule has 0 saturated heterocycles. The molecule has 0 saturated carbocycles. The van der Waals surface area contributed by atoms with Crippen molar-refractivity contribution in [2.45, 2.75) is 142 Å². The van der Waals surface area contributed by atoms with E-state index in [0.717, 1.165) is 55.4 Å². The van der Waals surface area contributed by atoms with Crippen LogP contribution in [0.15, 0.2) is 133 Å². The lowest BCUT2D eigenvalue weighted by Gasteiger charge is -2.10. The minimum atomic E-state index is -0.560. The third-order valence-corrected chi connectivity index (χ3v) is 12.1. The van der Waals surface area contributed by atoms with E-state index in [1.807, 2.05) is 18.2 Å².